The minimum atomic E-state index is -0.534. The largest absolute Gasteiger partial charge is 0.388 e. The van der Waals surface area contributed by atoms with Crippen LogP contribution in [0.5, 0.6) is 0 Å². The van der Waals surface area contributed by atoms with Gasteiger partial charge in [-0.1, -0.05) is 30.3 Å². The summed E-state index contributed by atoms with van der Waals surface area (Å²) in [5.74, 6) is -0.000313. The molecule has 0 spiro atoms. The summed E-state index contributed by atoms with van der Waals surface area (Å²) in [6, 6.07) is 10.0. The predicted molar refractivity (Wildman–Crippen MR) is 81.9 cm³/mol. The van der Waals surface area contributed by atoms with Gasteiger partial charge < -0.3 is 15.7 Å². The zero-order chi connectivity index (χ0) is 13.7. The van der Waals surface area contributed by atoms with E-state index in [1.54, 1.807) is 0 Å². The van der Waals surface area contributed by atoms with Crippen molar-refractivity contribution >= 4 is 18.3 Å². The first-order valence-electron chi connectivity index (χ1n) is 6.91. The average Bonchev–Trinajstić information content (AvgIpc) is 3.21. The Hall–Kier alpha value is -1.10. The van der Waals surface area contributed by atoms with Gasteiger partial charge >= 0.3 is 0 Å². The fourth-order valence-electron chi connectivity index (χ4n) is 2.06. The van der Waals surface area contributed by atoms with E-state index in [2.05, 4.69) is 10.6 Å². The maximum atomic E-state index is 11.6. The molecule has 1 aromatic carbocycles. The van der Waals surface area contributed by atoms with Crippen molar-refractivity contribution in [1.29, 1.82) is 0 Å². The molecule has 1 aliphatic carbocycles. The fraction of sp³-hybridized carbons (Fsp3) is 0.533. The Morgan fingerprint density at radius 1 is 1.35 bits per heavy atom. The second-order valence-corrected chi connectivity index (χ2v) is 5.29. The van der Waals surface area contributed by atoms with Crippen LogP contribution in [0.15, 0.2) is 30.3 Å². The van der Waals surface area contributed by atoms with Crippen LogP contribution in [0.4, 0.5) is 0 Å². The summed E-state index contributed by atoms with van der Waals surface area (Å²) in [5.41, 5.74) is 0.889. The molecule has 2 rings (SSSR count). The van der Waals surface area contributed by atoms with E-state index in [0.29, 0.717) is 19.0 Å². The Bertz CT molecular complexity index is 410. The lowest BCUT2D eigenvalue weighted by atomic mass is 10.0. The van der Waals surface area contributed by atoms with Crippen LogP contribution in [0.3, 0.4) is 0 Å². The zero-order valence-corrected chi connectivity index (χ0v) is 12.5. The Labute approximate surface area is 126 Å². The van der Waals surface area contributed by atoms with Crippen LogP contribution in [0.25, 0.3) is 0 Å². The number of amides is 1. The molecular weight excluding hydrogens is 276 g/mol. The summed E-state index contributed by atoms with van der Waals surface area (Å²) in [6.45, 7) is 2.29. The molecule has 4 nitrogen and oxygen atoms in total. The van der Waals surface area contributed by atoms with Crippen molar-refractivity contribution in [2.45, 2.75) is 44.4 Å². The van der Waals surface area contributed by atoms with Gasteiger partial charge in [-0.15, -0.1) is 12.4 Å². The first-order valence-corrected chi connectivity index (χ1v) is 6.91. The molecule has 5 heteroatoms. The van der Waals surface area contributed by atoms with E-state index in [4.69, 9.17) is 0 Å². The molecule has 0 aromatic heterocycles. The van der Waals surface area contributed by atoms with Gasteiger partial charge in [0.05, 0.1) is 12.6 Å². The lowest BCUT2D eigenvalue weighted by molar-refractivity contribution is -0.121. The van der Waals surface area contributed by atoms with Gasteiger partial charge in [0.25, 0.3) is 0 Å². The molecule has 2 unspecified atom stereocenters. The second-order valence-electron chi connectivity index (χ2n) is 5.29. The molecule has 0 radical (unpaired) electrons. The molecule has 0 bridgehead atoms. The normalized spacial score (nSPS) is 16.9. The Kier molecular flexibility index (Phi) is 6.99. The van der Waals surface area contributed by atoms with E-state index < -0.39 is 6.10 Å². The third kappa shape index (κ3) is 5.90. The van der Waals surface area contributed by atoms with Gasteiger partial charge in [-0.2, -0.15) is 0 Å². The van der Waals surface area contributed by atoms with Crippen molar-refractivity contribution < 1.29 is 9.90 Å². The van der Waals surface area contributed by atoms with Crippen LogP contribution in [0, 0.1) is 0 Å². The zero-order valence-electron chi connectivity index (χ0n) is 11.7. The standard InChI is InChI=1S/C15H22N2O2.ClH/c1-11(17-15(19)10-16-13-7-8-13)9-14(18)12-5-3-2-4-6-12;/h2-6,11,13-14,16,18H,7-10H2,1H3,(H,17,19);1H. The number of aliphatic hydroxyl groups excluding tert-OH is 1. The number of nitrogens with one attached hydrogen (secondary N) is 2. The van der Waals surface area contributed by atoms with Crippen molar-refractivity contribution in [3.63, 3.8) is 0 Å². The lowest BCUT2D eigenvalue weighted by Crippen LogP contribution is -2.40. The van der Waals surface area contributed by atoms with Gasteiger partial charge in [-0.3, -0.25) is 4.79 Å². The van der Waals surface area contributed by atoms with Crippen LogP contribution in [0.2, 0.25) is 0 Å². The molecule has 0 saturated heterocycles. The molecule has 1 aliphatic rings. The van der Waals surface area contributed by atoms with E-state index in [9.17, 15) is 9.90 Å². The Morgan fingerprint density at radius 3 is 2.60 bits per heavy atom. The van der Waals surface area contributed by atoms with Crippen LogP contribution in [-0.4, -0.2) is 29.6 Å². The van der Waals surface area contributed by atoms with Gasteiger partial charge in [-0.05, 0) is 31.7 Å². The highest BCUT2D eigenvalue weighted by molar-refractivity contribution is 5.85. The number of rotatable bonds is 7. The van der Waals surface area contributed by atoms with Gasteiger partial charge in [-0.25, -0.2) is 0 Å². The highest BCUT2D eigenvalue weighted by Gasteiger charge is 2.21. The number of hydrogen-bond acceptors (Lipinski definition) is 3. The van der Waals surface area contributed by atoms with Crippen LogP contribution < -0.4 is 10.6 Å². The number of carbonyl (C=O) groups excluding carboxylic acids is 1. The molecule has 0 heterocycles. The Morgan fingerprint density at radius 2 is 2.00 bits per heavy atom. The summed E-state index contributed by atoms with van der Waals surface area (Å²) < 4.78 is 0. The highest BCUT2D eigenvalue weighted by atomic mass is 35.5. The van der Waals surface area contributed by atoms with E-state index >= 15 is 0 Å². The molecule has 1 saturated carbocycles. The summed E-state index contributed by atoms with van der Waals surface area (Å²) in [5, 5.41) is 16.1. The topological polar surface area (TPSA) is 61.4 Å². The van der Waals surface area contributed by atoms with E-state index in [-0.39, 0.29) is 24.4 Å². The van der Waals surface area contributed by atoms with Crippen LogP contribution in [-0.2, 0) is 4.79 Å². The monoisotopic (exact) mass is 298 g/mol. The fourth-order valence-corrected chi connectivity index (χ4v) is 2.06. The van der Waals surface area contributed by atoms with Crippen molar-refractivity contribution in [2.24, 2.45) is 0 Å². The van der Waals surface area contributed by atoms with Crippen molar-refractivity contribution in [3.8, 4) is 0 Å². The van der Waals surface area contributed by atoms with E-state index in [1.807, 2.05) is 37.3 Å². The molecule has 0 aliphatic heterocycles. The maximum absolute atomic E-state index is 11.6. The molecule has 112 valence electrons. The summed E-state index contributed by atoms with van der Waals surface area (Å²) in [7, 11) is 0. The Balaban J connectivity index is 0.00000200. The number of carbonyl (C=O) groups is 1. The van der Waals surface area contributed by atoms with E-state index in [1.165, 1.54) is 12.8 Å². The van der Waals surface area contributed by atoms with Crippen LogP contribution in [0.1, 0.15) is 37.9 Å². The van der Waals surface area contributed by atoms with Crippen LogP contribution >= 0.6 is 12.4 Å². The van der Waals surface area contributed by atoms with Crippen molar-refractivity contribution in [1.82, 2.24) is 10.6 Å². The summed E-state index contributed by atoms with van der Waals surface area (Å²) in [6.07, 6.45) is 2.34. The average molecular weight is 299 g/mol. The lowest BCUT2D eigenvalue weighted by Gasteiger charge is -2.18. The third-order valence-electron chi connectivity index (χ3n) is 3.30. The summed E-state index contributed by atoms with van der Waals surface area (Å²) in [4.78, 5) is 11.6. The number of halogens is 1. The molecule has 3 N–H and O–H groups in total. The molecular formula is C15H23ClN2O2. The highest BCUT2D eigenvalue weighted by Crippen LogP contribution is 2.18. The smallest absolute Gasteiger partial charge is 0.234 e. The van der Waals surface area contributed by atoms with Crippen molar-refractivity contribution in [3.05, 3.63) is 35.9 Å². The van der Waals surface area contributed by atoms with Gasteiger partial charge in [0.1, 0.15) is 0 Å². The minimum Gasteiger partial charge on any atom is -0.388 e. The first-order chi connectivity index (χ1) is 9.15. The van der Waals surface area contributed by atoms with Crippen molar-refractivity contribution in [2.75, 3.05) is 6.54 Å². The number of hydrogen-bond donors (Lipinski definition) is 3. The number of benzene rings is 1. The maximum Gasteiger partial charge on any atom is 0.234 e. The quantitative estimate of drug-likeness (QED) is 0.719. The van der Waals surface area contributed by atoms with Gasteiger partial charge in [0.15, 0.2) is 0 Å². The van der Waals surface area contributed by atoms with Gasteiger partial charge in [0, 0.05) is 12.1 Å². The number of aliphatic hydroxyl groups is 1. The molecule has 1 amide bonds. The summed E-state index contributed by atoms with van der Waals surface area (Å²) >= 11 is 0. The molecule has 2 atom stereocenters. The first kappa shape index (κ1) is 17.0. The predicted octanol–water partition coefficient (Wildman–Crippen LogP) is 1.79. The van der Waals surface area contributed by atoms with Gasteiger partial charge in [0.2, 0.25) is 5.91 Å². The molecule has 1 aromatic rings. The third-order valence-corrected chi connectivity index (χ3v) is 3.30. The minimum absolute atomic E-state index is 0. The molecule has 1 fully saturated rings. The van der Waals surface area contributed by atoms with E-state index in [0.717, 1.165) is 5.56 Å². The molecule has 20 heavy (non-hydrogen) atoms. The second kappa shape index (κ2) is 8.25. The SMILES string of the molecule is CC(CC(O)c1ccccc1)NC(=O)CNC1CC1.Cl.